The predicted molar refractivity (Wildman–Crippen MR) is 50.1 cm³/mol. The van der Waals surface area contributed by atoms with Gasteiger partial charge < -0.3 is 10.5 Å². The molecule has 13 heavy (non-hydrogen) atoms. The second kappa shape index (κ2) is 4.23. The van der Waals surface area contributed by atoms with Gasteiger partial charge in [0.15, 0.2) is 11.6 Å². The Labute approximate surface area is 77.5 Å². The number of halogens is 1. The summed E-state index contributed by atoms with van der Waals surface area (Å²) in [6.45, 7) is 3.64. The van der Waals surface area contributed by atoms with Crippen LogP contribution in [0.2, 0.25) is 0 Å². The highest BCUT2D eigenvalue weighted by molar-refractivity contribution is 5.23. The van der Waals surface area contributed by atoms with Crippen LogP contribution in [0.25, 0.3) is 0 Å². The quantitative estimate of drug-likeness (QED) is 0.777. The Morgan fingerprint density at radius 1 is 1.31 bits per heavy atom. The molecule has 0 amide bonds. The van der Waals surface area contributed by atoms with Gasteiger partial charge in [0.2, 0.25) is 0 Å². The van der Waals surface area contributed by atoms with E-state index in [1.165, 1.54) is 6.07 Å². The van der Waals surface area contributed by atoms with Crippen molar-refractivity contribution in [3.8, 4) is 5.75 Å². The van der Waals surface area contributed by atoms with Crippen LogP contribution in [0.5, 0.6) is 5.75 Å². The Morgan fingerprint density at radius 3 is 2.46 bits per heavy atom. The van der Waals surface area contributed by atoms with Gasteiger partial charge in [-0.1, -0.05) is 12.1 Å². The molecule has 0 aliphatic carbocycles. The standard InChI is InChI=1S/C10H14FNO/c1-7(12)8(2)13-10-6-4-3-5-9(10)11/h3-8H,12H2,1-2H3/t7-,8+/m1/s1. The largest absolute Gasteiger partial charge is 0.486 e. The number of hydrogen-bond donors (Lipinski definition) is 1. The van der Waals surface area contributed by atoms with Gasteiger partial charge >= 0.3 is 0 Å². The first-order valence-corrected chi connectivity index (χ1v) is 4.28. The Balaban J connectivity index is 2.69. The molecule has 1 aromatic rings. The zero-order valence-electron chi connectivity index (χ0n) is 7.83. The highest BCUT2D eigenvalue weighted by Crippen LogP contribution is 2.17. The van der Waals surface area contributed by atoms with Crippen LogP contribution in [0.3, 0.4) is 0 Å². The van der Waals surface area contributed by atoms with Crippen molar-refractivity contribution >= 4 is 0 Å². The average molecular weight is 183 g/mol. The monoisotopic (exact) mass is 183 g/mol. The van der Waals surface area contributed by atoms with Gasteiger partial charge in [0.1, 0.15) is 6.10 Å². The molecule has 0 saturated heterocycles. The molecule has 2 N–H and O–H groups in total. The van der Waals surface area contributed by atoms with Crippen LogP contribution < -0.4 is 10.5 Å². The lowest BCUT2D eigenvalue weighted by molar-refractivity contribution is 0.188. The molecule has 0 spiro atoms. The van der Waals surface area contributed by atoms with Gasteiger partial charge in [0.25, 0.3) is 0 Å². The average Bonchev–Trinajstić information content (AvgIpc) is 2.08. The van der Waals surface area contributed by atoms with E-state index in [1.807, 2.05) is 13.8 Å². The molecule has 0 aliphatic heterocycles. The maximum absolute atomic E-state index is 13.0. The van der Waals surface area contributed by atoms with Crippen molar-refractivity contribution in [2.75, 3.05) is 0 Å². The van der Waals surface area contributed by atoms with Crippen LogP contribution in [0.15, 0.2) is 24.3 Å². The van der Waals surface area contributed by atoms with E-state index in [0.29, 0.717) is 0 Å². The Kier molecular flexibility index (Phi) is 3.25. The van der Waals surface area contributed by atoms with Crippen LogP contribution >= 0.6 is 0 Å². The van der Waals surface area contributed by atoms with Gasteiger partial charge in [-0.25, -0.2) is 4.39 Å². The second-order valence-corrected chi connectivity index (χ2v) is 3.11. The van der Waals surface area contributed by atoms with E-state index in [2.05, 4.69) is 0 Å². The van der Waals surface area contributed by atoms with Crippen molar-refractivity contribution in [2.24, 2.45) is 5.73 Å². The molecule has 0 radical (unpaired) electrons. The molecule has 0 aromatic heterocycles. The molecule has 1 aromatic carbocycles. The zero-order valence-corrected chi connectivity index (χ0v) is 7.83. The van der Waals surface area contributed by atoms with Crippen LogP contribution in [-0.4, -0.2) is 12.1 Å². The third-order valence-corrected chi connectivity index (χ3v) is 1.89. The second-order valence-electron chi connectivity index (χ2n) is 3.11. The zero-order chi connectivity index (χ0) is 9.84. The Hall–Kier alpha value is -1.09. The lowest BCUT2D eigenvalue weighted by Crippen LogP contribution is -2.33. The van der Waals surface area contributed by atoms with Crippen LogP contribution in [-0.2, 0) is 0 Å². The highest BCUT2D eigenvalue weighted by atomic mass is 19.1. The van der Waals surface area contributed by atoms with E-state index in [0.717, 1.165) is 0 Å². The molecule has 0 bridgehead atoms. The minimum atomic E-state index is -0.352. The molecular weight excluding hydrogens is 169 g/mol. The molecule has 72 valence electrons. The molecular formula is C10H14FNO. The number of benzene rings is 1. The molecule has 1 rings (SSSR count). The minimum absolute atomic E-state index is 0.111. The first-order chi connectivity index (χ1) is 6.11. The topological polar surface area (TPSA) is 35.2 Å². The first kappa shape index (κ1) is 9.99. The summed E-state index contributed by atoms with van der Waals surface area (Å²) in [5.41, 5.74) is 5.59. The van der Waals surface area contributed by atoms with Crippen molar-refractivity contribution in [1.29, 1.82) is 0 Å². The summed E-state index contributed by atoms with van der Waals surface area (Å²) >= 11 is 0. The summed E-state index contributed by atoms with van der Waals surface area (Å²) in [5, 5.41) is 0. The number of rotatable bonds is 3. The molecule has 2 atom stereocenters. The van der Waals surface area contributed by atoms with Gasteiger partial charge in [-0.05, 0) is 26.0 Å². The molecule has 2 nitrogen and oxygen atoms in total. The third kappa shape index (κ3) is 2.70. The summed E-state index contributed by atoms with van der Waals surface area (Å²) in [4.78, 5) is 0. The molecule has 3 heteroatoms. The van der Waals surface area contributed by atoms with Gasteiger partial charge in [-0.15, -0.1) is 0 Å². The van der Waals surface area contributed by atoms with Gasteiger partial charge in [0, 0.05) is 6.04 Å². The van der Waals surface area contributed by atoms with Crippen molar-refractivity contribution in [3.05, 3.63) is 30.1 Å². The van der Waals surface area contributed by atoms with Crippen LogP contribution in [0, 0.1) is 5.82 Å². The summed E-state index contributed by atoms with van der Waals surface area (Å²) in [6, 6.07) is 6.20. The van der Waals surface area contributed by atoms with E-state index in [1.54, 1.807) is 18.2 Å². The fourth-order valence-electron chi connectivity index (χ4n) is 0.848. The maximum atomic E-state index is 13.0. The predicted octanol–water partition coefficient (Wildman–Crippen LogP) is 1.94. The number of para-hydroxylation sites is 1. The van der Waals surface area contributed by atoms with Crippen molar-refractivity contribution in [1.82, 2.24) is 0 Å². The summed E-state index contributed by atoms with van der Waals surface area (Å²) in [6.07, 6.45) is -0.183. The van der Waals surface area contributed by atoms with E-state index in [9.17, 15) is 4.39 Å². The molecule has 0 fully saturated rings. The molecule has 0 saturated carbocycles. The first-order valence-electron chi connectivity index (χ1n) is 4.28. The Bertz CT molecular complexity index is 275. The van der Waals surface area contributed by atoms with E-state index < -0.39 is 0 Å². The van der Waals surface area contributed by atoms with Gasteiger partial charge in [-0.3, -0.25) is 0 Å². The highest BCUT2D eigenvalue weighted by Gasteiger charge is 2.10. The minimum Gasteiger partial charge on any atom is -0.486 e. The van der Waals surface area contributed by atoms with Crippen molar-refractivity contribution in [3.63, 3.8) is 0 Å². The molecule has 0 aliphatic rings. The summed E-state index contributed by atoms with van der Waals surface area (Å²) in [7, 11) is 0. The normalized spacial score (nSPS) is 15.1. The lowest BCUT2D eigenvalue weighted by atomic mass is 10.2. The van der Waals surface area contributed by atoms with E-state index in [-0.39, 0.29) is 23.7 Å². The third-order valence-electron chi connectivity index (χ3n) is 1.89. The smallest absolute Gasteiger partial charge is 0.165 e. The van der Waals surface area contributed by atoms with Gasteiger partial charge in [0.05, 0.1) is 0 Å². The van der Waals surface area contributed by atoms with Crippen molar-refractivity contribution in [2.45, 2.75) is 26.0 Å². The Morgan fingerprint density at radius 2 is 1.92 bits per heavy atom. The number of nitrogens with two attached hydrogens (primary N) is 1. The SMILES string of the molecule is C[C@H](Oc1ccccc1F)[C@@H](C)N. The van der Waals surface area contributed by atoms with Crippen LogP contribution in [0.1, 0.15) is 13.8 Å². The van der Waals surface area contributed by atoms with Crippen molar-refractivity contribution < 1.29 is 9.13 Å². The van der Waals surface area contributed by atoms with E-state index >= 15 is 0 Å². The molecule has 0 heterocycles. The molecule has 0 unspecified atom stereocenters. The number of ether oxygens (including phenoxy) is 1. The van der Waals surface area contributed by atoms with Gasteiger partial charge in [-0.2, -0.15) is 0 Å². The fourth-order valence-corrected chi connectivity index (χ4v) is 0.848. The maximum Gasteiger partial charge on any atom is 0.165 e. The van der Waals surface area contributed by atoms with E-state index in [4.69, 9.17) is 10.5 Å². The fraction of sp³-hybridized carbons (Fsp3) is 0.400. The lowest BCUT2D eigenvalue weighted by Gasteiger charge is -2.18. The number of hydrogen-bond acceptors (Lipinski definition) is 2. The summed E-state index contributed by atoms with van der Waals surface area (Å²) < 4.78 is 18.4. The summed E-state index contributed by atoms with van der Waals surface area (Å²) in [5.74, 6) is -0.0951. The van der Waals surface area contributed by atoms with Crippen LogP contribution in [0.4, 0.5) is 4.39 Å².